The van der Waals surface area contributed by atoms with E-state index in [1.54, 1.807) is 18.0 Å². The Kier molecular flexibility index (Phi) is 7.04. The number of hydrogen-bond acceptors (Lipinski definition) is 3. The number of hydrogen-bond donors (Lipinski definition) is 1. The Hall–Kier alpha value is -3.13. The first kappa shape index (κ1) is 28.0. The third-order valence-corrected chi connectivity index (χ3v) is 11.0. The van der Waals surface area contributed by atoms with Crippen LogP contribution in [0.1, 0.15) is 86.2 Å². The first-order chi connectivity index (χ1) is 19.6. The second-order valence-corrected chi connectivity index (χ2v) is 13.1. The van der Waals surface area contributed by atoms with Crippen LogP contribution in [0.25, 0.3) is 0 Å². The van der Waals surface area contributed by atoms with Crippen LogP contribution in [0.4, 0.5) is 5.69 Å². The number of aryl methyl sites for hydroxylation is 1. The number of rotatable bonds is 3. The zero-order chi connectivity index (χ0) is 29.1. The van der Waals surface area contributed by atoms with Crippen LogP contribution in [0.15, 0.2) is 65.3 Å². The molecular formula is C36H38ClNO3. The number of ketones is 1. The third kappa shape index (κ3) is 4.49. The summed E-state index contributed by atoms with van der Waals surface area (Å²) in [6.07, 6.45) is 7.71. The Morgan fingerprint density at radius 2 is 1.85 bits per heavy atom. The van der Waals surface area contributed by atoms with Crippen molar-refractivity contribution in [1.82, 2.24) is 0 Å². The average Bonchev–Trinajstić information content (AvgIpc) is 3.23. The number of aliphatic hydroxyl groups is 1. The second kappa shape index (κ2) is 10.3. The van der Waals surface area contributed by atoms with Gasteiger partial charge in [-0.1, -0.05) is 48.2 Å². The highest BCUT2D eigenvalue weighted by molar-refractivity contribution is 6.31. The van der Waals surface area contributed by atoms with Gasteiger partial charge in [0.05, 0.1) is 0 Å². The van der Waals surface area contributed by atoms with Crippen LogP contribution >= 0.6 is 11.6 Å². The fourth-order valence-corrected chi connectivity index (χ4v) is 8.52. The molecule has 5 heteroatoms. The number of allylic oxidation sites excluding steroid dienone is 4. The van der Waals surface area contributed by atoms with E-state index in [1.165, 1.54) is 22.3 Å². The van der Waals surface area contributed by atoms with E-state index in [9.17, 15) is 14.7 Å². The van der Waals surface area contributed by atoms with E-state index in [1.807, 2.05) is 44.2 Å². The molecule has 4 aliphatic rings. The van der Waals surface area contributed by atoms with Crippen molar-refractivity contribution in [3.05, 3.63) is 87.0 Å². The number of amides is 1. The maximum Gasteiger partial charge on any atom is 0.258 e. The molecule has 2 aromatic rings. The topological polar surface area (TPSA) is 57.6 Å². The van der Waals surface area contributed by atoms with Gasteiger partial charge in [0.1, 0.15) is 5.60 Å². The van der Waals surface area contributed by atoms with E-state index in [2.05, 4.69) is 30.9 Å². The lowest BCUT2D eigenvalue weighted by atomic mass is 9.51. The molecule has 0 spiro atoms. The Balaban J connectivity index is 1.39. The van der Waals surface area contributed by atoms with Gasteiger partial charge in [0.15, 0.2) is 5.78 Å². The molecule has 6 rings (SSSR count). The van der Waals surface area contributed by atoms with Crippen LogP contribution in [-0.4, -0.2) is 29.4 Å². The Morgan fingerprint density at radius 3 is 2.56 bits per heavy atom. The van der Waals surface area contributed by atoms with Gasteiger partial charge in [-0.25, -0.2) is 0 Å². The number of benzene rings is 2. The molecule has 4 aliphatic carbocycles. The van der Waals surface area contributed by atoms with Crippen molar-refractivity contribution >= 4 is 29.0 Å². The summed E-state index contributed by atoms with van der Waals surface area (Å²) in [4.78, 5) is 27.2. The predicted octanol–water partition coefficient (Wildman–Crippen LogP) is 7.58. The van der Waals surface area contributed by atoms with Gasteiger partial charge in [-0.2, -0.15) is 0 Å². The predicted molar refractivity (Wildman–Crippen MR) is 164 cm³/mol. The minimum absolute atomic E-state index is 0.110. The maximum atomic E-state index is 13.3. The summed E-state index contributed by atoms with van der Waals surface area (Å²) in [6.45, 7) is 6.00. The normalized spacial score (nSPS) is 30.4. The summed E-state index contributed by atoms with van der Waals surface area (Å²) in [5, 5.41) is 12.5. The van der Waals surface area contributed by atoms with Crippen LogP contribution in [0.2, 0.25) is 5.02 Å². The zero-order valence-electron chi connectivity index (χ0n) is 24.4. The van der Waals surface area contributed by atoms with Crippen molar-refractivity contribution < 1.29 is 14.7 Å². The molecule has 2 aromatic carbocycles. The van der Waals surface area contributed by atoms with Gasteiger partial charge >= 0.3 is 0 Å². The largest absolute Gasteiger partial charge is 0.377 e. The summed E-state index contributed by atoms with van der Waals surface area (Å²) in [5.41, 5.74) is 6.27. The summed E-state index contributed by atoms with van der Waals surface area (Å²) in [7, 11) is 1.79. The zero-order valence-corrected chi connectivity index (χ0v) is 25.1. The van der Waals surface area contributed by atoms with Gasteiger partial charge in [0.2, 0.25) is 0 Å². The van der Waals surface area contributed by atoms with Gasteiger partial charge < -0.3 is 10.0 Å². The van der Waals surface area contributed by atoms with Crippen LogP contribution in [0.5, 0.6) is 0 Å². The summed E-state index contributed by atoms with van der Waals surface area (Å²) in [6, 6.07) is 13.7. The number of nitrogens with zero attached hydrogens (tertiary/aromatic N) is 1. The van der Waals surface area contributed by atoms with Crippen molar-refractivity contribution in [2.45, 2.75) is 77.2 Å². The lowest BCUT2D eigenvalue weighted by molar-refractivity contribution is -0.114. The number of carbonyl (C=O) groups excluding carboxylic acids is 2. The smallest absolute Gasteiger partial charge is 0.258 e. The van der Waals surface area contributed by atoms with Crippen LogP contribution in [0, 0.1) is 36.0 Å². The lowest BCUT2D eigenvalue weighted by Gasteiger charge is -2.53. The van der Waals surface area contributed by atoms with Crippen LogP contribution in [-0.2, 0) is 4.79 Å². The molecule has 1 N–H and O–H groups in total. The molecule has 0 unspecified atom stereocenters. The molecule has 2 fully saturated rings. The average molecular weight is 568 g/mol. The highest BCUT2D eigenvalue weighted by atomic mass is 35.5. The van der Waals surface area contributed by atoms with Crippen molar-refractivity contribution in [2.24, 2.45) is 17.3 Å². The second-order valence-electron chi connectivity index (χ2n) is 12.7. The van der Waals surface area contributed by atoms with Gasteiger partial charge in [-0.05, 0) is 117 Å². The molecule has 1 amide bonds. The molecule has 0 radical (unpaired) electrons. The molecule has 0 saturated heterocycles. The number of fused-ring (bicyclic) bond motifs is 4. The van der Waals surface area contributed by atoms with E-state index in [-0.39, 0.29) is 23.0 Å². The highest BCUT2D eigenvalue weighted by Crippen LogP contribution is 2.66. The number of carbonyl (C=O) groups is 2. The molecule has 2 saturated carbocycles. The first-order valence-electron chi connectivity index (χ1n) is 14.8. The fourth-order valence-electron chi connectivity index (χ4n) is 8.34. The molecule has 0 aromatic heterocycles. The standard InChI is InChI=1S/C36H38ClNO3/c1-5-17-36(41)18-16-31-29-14-10-24-19-27(39)13-15-28(24)33(29)30(21-35(31,36)3)23-8-11-26(12-9-23)38(4)34(40)25-7-6-22(2)32(37)20-25/h6-9,11-12,19-20,29-31,41H,10,13-16,18,21H2,1-4H3/t29-,30+,31-,35-,36-/m0/s1. The van der Waals surface area contributed by atoms with E-state index < -0.39 is 5.60 Å². The monoisotopic (exact) mass is 567 g/mol. The van der Waals surface area contributed by atoms with Crippen molar-refractivity contribution in [3.63, 3.8) is 0 Å². The van der Waals surface area contributed by atoms with Crippen molar-refractivity contribution in [3.8, 4) is 11.8 Å². The third-order valence-electron chi connectivity index (χ3n) is 10.6. The quantitative estimate of drug-likeness (QED) is 0.389. The Morgan fingerprint density at radius 1 is 1.10 bits per heavy atom. The van der Waals surface area contributed by atoms with Gasteiger partial charge in [-0.15, -0.1) is 5.92 Å². The van der Waals surface area contributed by atoms with Gasteiger partial charge in [0, 0.05) is 41.1 Å². The van der Waals surface area contributed by atoms with Crippen molar-refractivity contribution in [1.29, 1.82) is 0 Å². The number of anilines is 1. The van der Waals surface area contributed by atoms with E-state index in [0.29, 0.717) is 35.3 Å². The minimum atomic E-state index is -0.999. The fraction of sp³-hybridized carbons (Fsp3) is 0.444. The van der Waals surface area contributed by atoms with E-state index in [4.69, 9.17) is 11.6 Å². The molecule has 212 valence electrons. The lowest BCUT2D eigenvalue weighted by Crippen LogP contribution is -2.51. The maximum absolute atomic E-state index is 13.3. The molecule has 0 heterocycles. The Labute approximate surface area is 248 Å². The van der Waals surface area contributed by atoms with Gasteiger partial charge in [-0.3, -0.25) is 9.59 Å². The van der Waals surface area contributed by atoms with Crippen LogP contribution < -0.4 is 4.90 Å². The highest BCUT2D eigenvalue weighted by Gasteiger charge is 2.62. The van der Waals surface area contributed by atoms with E-state index in [0.717, 1.165) is 43.4 Å². The molecule has 0 bridgehead atoms. The minimum Gasteiger partial charge on any atom is -0.377 e. The Bertz CT molecular complexity index is 1560. The van der Waals surface area contributed by atoms with Crippen molar-refractivity contribution in [2.75, 3.05) is 11.9 Å². The summed E-state index contributed by atoms with van der Waals surface area (Å²) >= 11 is 6.29. The molecule has 5 atom stereocenters. The first-order valence-corrected chi connectivity index (χ1v) is 15.2. The molecule has 0 aliphatic heterocycles. The SMILES string of the molecule is CC#C[C@]1(O)CC[C@H]2[C@@H]3CCC4=CC(=O)CCC4=C3[C@@H](c3ccc(N(C)C(=O)c4ccc(C)c(Cl)c4)cc3)C[C@@]21C. The van der Waals surface area contributed by atoms with Crippen LogP contribution in [0.3, 0.4) is 0 Å². The molecule has 4 nitrogen and oxygen atoms in total. The number of halogens is 1. The van der Waals surface area contributed by atoms with E-state index >= 15 is 0 Å². The van der Waals surface area contributed by atoms with Gasteiger partial charge in [0.25, 0.3) is 5.91 Å². The summed E-state index contributed by atoms with van der Waals surface area (Å²) < 4.78 is 0. The molecule has 41 heavy (non-hydrogen) atoms. The summed E-state index contributed by atoms with van der Waals surface area (Å²) in [5.74, 6) is 7.26. The molecular weight excluding hydrogens is 530 g/mol.